The maximum absolute atomic E-state index is 12.1. The minimum absolute atomic E-state index is 0.0171. The molecule has 0 radical (unpaired) electrons. The first kappa shape index (κ1) is 12.7. The predicted molar refractivity (Wildman–Crippen MR) is 61.9 cm³/mol. The van der Waals surface area contributed by atoms with Crippen LogP contribution in [-0.4, -0.2) is 33.7 Å². The van der Waals surface area contributed by atoms with Crippen molar-refractivity contribution in [2.75, 3.05) is 0 Å². The number of nitrogens with zero attached hydrogens (tertiary/aromatic N) is 2. The summed E-state index contributed by atoms with van der Waals surface area (Å²) in [5, 5.41) is 15.3. The number of aliphatic hydroxyl groups is 1. The number of hydrogen-bond acceptors (Lipinski definition) is 5. The molecule has 4 N–H and O–H groups in total. The number of aromatic amines is 2. The molecule has 0 aromatic carbocycles. The van der Waals surface area contributed by atoms with Crippen molar-refractivity contribution in [2.45, 2.75) is 25.0 Å². The van der Waals surface area contributed by atoms with Crippen molar-refractivity contribution >= 4 is 10.0 Å². The van der Waals surface area contributed by atoms with Crippen molar-refractivity contribution in [2.24, 2.45) is 0 Å². The summed E-state index contributed by atoms with van der Waals surface area (Å²) in [4.78, 5) is 6.68. The molecule has 0 atom stereocenters. The molecular weight excluding hydrogens is 258 g/mol. The van der Waals surface area contributed by atoms with Crippen LogP contribution in [-0.2, 0) is 23.2 Å². The van der Waals surface area contributed by atoms with Gasteiger partial charge in [-0.05, 0) is 6.92 Å². The molecule has 0 spiro atoms. The Bertz CT molecular complexity index is 617. The molecule has 98 valence electrons. The quantitative estimate of drug-likeness (QED) is 0.579. The van der Waals surface area contributed by atoms with E-state index in [1.807, 2.05) is 0 Å². The summed E-state index contributed by atoms with van der Waals surface area (Å²) < 4.78 is 26.5. The van der Waals surface area contributed by atoms with Crippen LogP contribution in [0.25, 0.3) is 0 Å². The summed E-state index contributed by atoms with van der Waals surface area (Å²) in [6.07, 6.45) is 3.14. The lowest BCUT2D eigenvalue weighted by atomic mass is 10.4. The summed E-state index contributed by atoms with van der Waals surface area (Å²) in [5.41, 5.74) is 0.477. The maximum atomic E-state index is 12.1. The standard InChI is InChI=1S/C9H13N5O3S/c1-6-9(7(5-15)14-13-6)18(16,17)12-4-8-10-2-3-11-8/h2-3,12,15H,4-5H2,1H3,(H,10,11)(H,13,14). The topological polar surface area (TPSA) is 124 Å². The molecule has 9 heteroatoms. The van der Waals surface area contributed by atoms with Gasteiger partial charge in [0.2, 0.25) is 10.0 Å². The molecule has 0 aliphatic rings. The van der Waals surface area contributed by atoms with Crippen LogP contribution in [0.1, 0.15) is 17.2 Å². The van der Waals surface area contributed by atoms with Gasteiger partial charge >= 0.3 is 0 Å². The molecule has 0 fully saturated rings. The summed E-state index contributed by atoms with van der Waals surface area (Å²) in [6, 6.07) is 0. The molecule has 0 saturated heterocycles. The second kappa shape index (κ2) is 4.88. The van der Waals surface area contributed by atoms with E-state index in [0.717, 1.165) is 0 Å². The van der Waals surface area contributed by atoms with E-state index in [-0.39, 0.29) is 17.1 Å². The van der Waals surface area contributed by atoms with Gasteiger partial charge in [-0.15, -0.1) is 0 Å². The van der Waals surface area contributed by atoms with Crippen molar-refractivity contribution < 1.29 is 13.5 Å². The van der Waals surface area contributed by atoms with E-state index in [2.05, 4.69) is 24.9 Å². The van der Waals surface area contributed by atoms with Crippen LogP contribution in [0.5, 0.6) is 0 Å². The summed E-state index contributed by atoms with van der Waals surface area (Å²) in [5.74, 6) is 0.505. The zero-order valence-corrected chi connectivity index (χ0v) is 10.5. The molecule has 18 heavy (non-hydrogen) atoms. The average molecular weight is 271 g/mol. The van der Waals surface area contributed by atoms with Crippen LogP contribution in [0.3, 0.4) is 0 Å². The fourth-order valence-corrected chi connectivity index (χ4v) is 2.90. The first-order valence-corrected chi connectivity index (χ1v) is 6.65. The third-order valence-electron chi connectivity index (χ3n) is 2.36. The van der Waals surface area contributed by atoms with Gasteiger partial charge in [0.15, 0.2) is 0 Å². The molecule has 0 unspecified atom stereocenters. The van der Waals surface area contributed by atoms with E-state index in [4.69, 9.17) is 5.11 Å². The van der Waals surface area contributed by atoms with Crippen LogP contribution in [0.15, 0.2) is 17.3 Å². The van der Waals surface area contributed by atoms with E-state index in [1.54, 1.807) is 13.1 Å². The molecule has 2 heterocycles. The molecule has 2 rings (SSSR count). The number of imidazole rings is 1. The third-order valence-corrected chi connectivity index (χ3v) is 3.97. The smallest absolute Gasteiger partial charge is 0.244 e. The number of aryl methyl sites for hydroxylation is 1. The number of rotatable bonds is 5. The van der Waals surface area contributed by atoms with E-state index in [9.17, 15) is 8.42 Å². The second-order valence-corrected chi connectivity index (χ2v) is 5.35. The Morgan fingerprint density at radius 3 is 2.89 bits per heavy atom. The highest BCUT2D eigenvalue weighted by Crippen LogP contribution is 2.17. The molecule has 0 aliphatic heterocycles. The molecule has 0 saturated carbocycles. The zero-order chi connectivity index (χ0) is 13.2. The van der Waals surface area contributed by atoms with E-state index in [0.29, 0.717) is 11.5 Å². The van der Waals surface area contributed by atoms with Crippen LogP contribution in [0.4, 0.5) is 0 Å². The Morgan fingerprint density at radius 1 is 1.50 bits per heavy atom. The van der Waals surface area contributed by atoms with Gasteiger partial charge in [-0.25, -0.2) is 18.1 Å². The van der Waals surface area contributed by atoms with E-state index < -0.39 is 16.6 Å². The number of hydrogen-bond donors (Lipinski definition) is 4. The molecule has 0 aliphatic carbocycles. The summed E-state index contributed by atoms with van der Waals surface area (Å²) >= 11 is 0. The number of nitrogens with one attached hydrogen (secondary N) is 3. The van der Waals surface area contributed by atoms with Gasteiger partial charge in [0.05, 0.1) is 18.8 Å². The SMILES string of the molecule is Cc1[nH]nc(CO)c1S(=O)(=O)NCc1ncc[nH]1. The van der Waals surface area contributed by atoms with Crippen LogP contribution < -0.4 is 4.72 Å². The summed E-state index contributed by atoms with van der Waals surface area (Å²) in [7, 11) is -3.73. The Labute approximate surface area is 104 Å². The Balaban J connectivity index is 2.22. The molecule has 2 aromatic heterocycles. The van der Waals surface area contributed by atoms with Gasteiger partial charge in [-0.3, -0.25) is 5.10 Å². The Kier molecular flexibility index (Phi) is 3.45. The lowest BCUT2D eigenvalue weighted by Gasteiger charge is -2.05. The van der Waals surface area contributed by atoms with Crippen molar-refractivity contribution in [1.29, 1.82) is 0 Å². The first-order chi connectivity index (χ1) is 8.54. The van der Waals surface area contributed by atoms with Gasteiger partial charge in [0, 0.05) is 12.4 Å². The lowest BCUT2D eigenvalue weighted by molar-refractivity contribution is 0.273. The van der Waals surface area contributed by atoms with Gasteiger partial charge < -0.3 is 10.1 Å². The Hall–Kier alpha value is -1.71. The van der Waals surface area contributed by atoms with Gasteiger partial charge in [0.1, 0.15) is 16.4 Å². The lowest BCUT2D eigenvalue weighted by Crippen LogP contribution is -2.25. The highest BCUT2D eigenvalue weighted by Gasteiger charge is 2.23. The number of aliphatic hydroxyl groups excluding tert-OH is 1. The number of sulfonamides is 1. The highest BCUT2D eigenvalue weighted by molar-refractivity contribution is 7.89. The monoisotopic (exact) mass is 271 g/mol. The minimum Gasteiger partial charge on any atom is -0.390 e. The molecule has 2 aromatic rings. The van der Waals surface area contributed by atoms with E-state index >= 15 is 0 Å². The van der Waals surface area contributed by atoms with Crippen LogP contribution >= 0.6 is 0 Å². The molecule has 0 bridgehead atoms. The maximum Gasteiger partial charge on any atom is 0.244 e. The largest absolute Gasteiger partial charge is 0.390 e. The van der Waals surface area contributed by atoms with Crippen molar-refractivity contribution in [3.8, 4) is 0 Å². The molecular formula is C9H13N5O3S. The number of aromatic nitrogens is 4. The van der Waals surface area contributed by atoms with Crippen molar-refractivity contribution in [3.05, 3.63) is 29.6 Å². The van der Waals surface area contributed by atoms with Gasteiger partial charge in [-0.2, -0.15) is 5.10 Å². The normalized spacial score (nSPS) is 11.9. The fraction of sp³-hybridized carbons (Fsp3) is 0.333. The first-order valence-electron chi connectivity index (χ1n) is 5.17. The fourth-order valence-electron chi connectivity index (χ4n) is 1.56. The summed E-state index contributed by atoms with van der Waals surface area (Å²) in [6.45, 7) is 1.18. The van der Waals surface area contributed by atoms with E-state index in [1.165, 1.54) is 6.20 Å². The Morgan fingerprint density at radius 2 is 2.28 bits per heavy atom. The highest BCUT2D eigenvalue weighted by atomic mass is 32.2. The van der Waals surface area contributed by atoms with Crippen molar-refractivity contribution in [3.63, 3.8) is 0 Å². The molecule has 8 nitrogen and oxygen atoms in total. The third kappa shape index (κ3) is 2.42. The zero-order valence-electron chi connectivity index (χ0n) is 9.64. The second-order valence-electron chi connectivity index (χ2n) is 3.64. The average Bonchev–Trinajstić information content (AvgIpc) is 2.95. The van der Waals surface area contributed by atoms with Gasteiger partial charge in [-0.1, -0.05) is 0 Å². The van der Waals surface area contributed by atoms with Crippen LogP contribution in [0.2, 0.25) is 0 Å². The van der Waals surface area contributed by atoms with Crippen LogP contribution in [0, 0.1) is 6.92 Å². The minimum atomic E-state index is -3.73. The van der Waals surface area contributed by atoms with Crippen molar-refractivity contribution in [1.82, 2.24) is 24.9 Å². The predicted octanol–water partition coefficient (Wildman–Crippen LogP) is -0.588. The number of H-pyrrole nitrogens is 2. The molecule has 0 amide bonds. The van der Waals surface area contributed by atoms with Gasteiger partial charge in [0.25, 0.3) is 0 Å².